The molecular weight excluding hydrogens is 256 g/mol. The molecule has 0 aliphatic heterocycles. The van der Waals surface area contributed by atoms with E-state index in [1.807, 2.05) is 0 Å². The molecule has 0 spiro atoms. The molecule has 0 aliphatic carbocycles. The van der Waals surface area contributed by atoms with Crippen molar-refractivity contribution >= 4 is 23.6 Å². The summed E-state index contributed by atoms with van der Waals surface area (Å²) in [5, 5.41) is 11.3. The molecular formula is C15H20N2O3. The zero-order chi connectivity index (χ0) is 14.8. The Balaban J connectivity index is 2.41. The molecule has 5 nitrogen and oxygen atoms in total. The highest BCUT2D eigenvalue weighted by molar-refractivity contribution is 5.91. The standard InChI is InChI=1S/C15H20N2O3/c16-11-3-1-2-4-14(18)17-13-8-5-12(6-9-13)7-10-15(19)20/h5-10H,1-4,11,16H2,(H,17,18)(H,19,20)/b10-7+. The van der Waals surface area contributed by atoms with Crippen LogP contribution in [0.15, 0.2) is 30.3 Å². The minimum Gasteiger partial charge on any atom is -0.478 e. The van der Waals surface area contributed by atoms with E-state index < -0.39 is 5.97 Å². The van der Waals surface area contributed by atoms with Crippen LogP contribution in [0.2, 0.25) is 0 Å². The van der Waals surface area contributed by atoms with Crippen molar-refractivity contribution in [3.8, 4) is 0 Å². The van der Waals surface area contributed by atoms with Gasteiger partial charge >= 0.3 is 5.97 Å². The van der Waals surface area contributed by atoms with Crippen molar-refractivity contribution in [3.63, 3.8) is 0 Å². The predicted molar refractivity (Wildman–Crippen MR) is 79.3 cm³/mol. The van der Waals surface area contributed by atoms with Gasteiger partial charge in [-0.25, -0.2) is 4.79 Å². The van der Waals surface area contributed by atoms with Crippen LogP contribution >= 0.6 is 0 Å². The van der Waals surface area contributed by atoms with Crippen LogP contribution in [0.1, 0.15) is 31.2 Å². The number of rotatable bonds is 8. The highest BCUT2D eigenvalue weighted by atomic mass is 16.4. The molecule has 0 aromatic heterocycles. The maximum Gasteiger partial charge on any atom is 0.328 e. The van der Waals surface area contributed by atoms with Gasteiger partial charge in [-0.05, 0) is 43.2 Å². The fourth-order valence-corrected chi connectivity index (χ4v) is 1.68. The first kappa shape index (κ1) is 15.9. The molecule has 0 aliphatic rings. The van der Waals surface area contributed by atoms with E-state index in [0.29, 0.717) is 18.7 Å². The van der Waals surface area contributed by atoms with Crippen LogP contribution in [0.25, 0.3) is 6.08 Å². The number of hydrogen-bond acceptors (Lipinski definition) is 3. The molecule has 108 valence electrons. The van der Waals surface area contributed by atoms with Crippen LogP contribution in [0.5, 0.6) is 0 Å². The summed E-state index contributed by atoms with van der Waals surface area (Å²) in [4.78, 5) is 22.0. The molecule has 0 heterocycles. The number of unbranched alkanes of at least 4 members (excludes halogenated alkanes) is 2. The number of anilines is 1. The average molecular weight is 276 g/mol. The van der Waals surface area contributed by atoms with E-state index in [2.05, 4.69) is 5.32 Å². The zero-order valence-electron chi connectivity index (χ0n) is 11.3. The number of benzene rings is 1. The van der Waals surface area contributed by atoms with Gasteiger partial charge in [0.05, 0.1) is 0 Å². The van der Waals surface area contributed by atoms with E-state index in [9.17, 15) is 9.59 Å². The third kappa shape index (κ3) is 6.70. The lowest BCUT2D eigenvalue weighted by Gasteiger charge is -2.05. The number of carbonyl (C=O) groups excluding carboxylic acids is 1. The van der Waals surface area contributed by atoms with Crippen molar-refractivity contribution in [1.29, 1.82) is 0 Å². The van der Waals surface area contributed by atoms with Gasteiger partial charge in [-0.1, -0.05) is 18.6 Å². The van der Waals surface area contributed by atoms with Gasteiger partial charge in [-0.3, -0.25) is 4.79 Å². The Bertz CT molecular complexity index is 467. The van der Waals surface area contributed by atoms with Crippen LogP contribution in [-0.4, -0.2) is 23.5 Å². The van der Waals surface area contributed by atoms with E-state index in [1.165, 1.54) is 6.08 Å². The Morgan fingerprint density at radius 1 is 1.15 bits per heavy atom. The molecule has 0 bridgehead atoms. The number of nitrogens with one attached hydrogen (secondary N) is 1. The van der Waals surface area contributed by atoms with Crippen molar-refractivity contribution in [2.75, 3.05) is 11.9 Å². The molecule has 1 rings (SSSR count). The van der Waals surface area contributed by atoms with E-state index in [-0.39, 0.29) is 5.91 Å². The number of aliphatic carboxylic acids is 1. The number of nitrogens with two attached hydrogens (primary N) is 1. The monoisotopic (exact) mass is 276 g/mol. The van der Waals surface area contributed by atoms with Gasteiger partial charge in [0.1, 0.15) is 0 Å². The molecule has 1 amide bonds. The van der Waals surface area contributed by atoms with Crippen molar-refractivity contribution in [2.45, 2.75) is 25.7 Å². The molecule has 0 fully saturated rings. The molecule has 4 N–H and O–H groups in total. The Morgan fingerprint density at radius 3 is 2.45 bits per heavy atom. The first-order valence-electron chi connectivity index (χ1n) is 6.63. The van der Waals surface area contributed by atoms with Crippen LogP contribution in [0.3, 0.4) is 0 Å². The van der Waals surface area contributed by atoms with Crippen LogP contribution < -0.4 is 11.1 Å². The normalized spacial score (nSPS) is 10.7. The second-order valence-corrected chi connectivity index (χ2v) is 4.44. The summed E-state index contributed by atoms with van der Waals surface area (Å²) in [7, 11) is 0. The summed E-state index contributed by atoms with van der Waals surface area (Å²) in [5.74, 6) is -1.00. The number of amides is 1. The lowest BCUT2D eigenvalue weighted by molar-refractivity contribution is -0.131. The molecule has 0 saturated heterocycles. The Kier molecular flexibility index (Phi) is 7.06. The van der Waals surface area contributed by atoms with E-state index >= 15 is 0 Å². The van der Waals surface area contributed by atoms with Crippen LogP contribution in [-0.2, 0) is 9.59 Å². The van der Waals surface area contributed by atoms with Gasteiger partial charge < -0.3 is 16.2 Å². The quantitative estimate of drug-likeness (QED) is 0.501. The lowest BCUT2D eigenvalue weighted by Crippen LogP contribution is -2.11. The third-order valence-corrected chi connectivity index (χ3v) is 2.72. The van der Waals surface area contributed by atoms with Crippen molar-refractivity contribution in [1.82, 2.24) is 0 Å². The number of carboxylic acid groups (broad SMARTS) is 1. The molecule has 1 aromatic carbocycles. The second-order valence-electron chi connectivity index (χ2n) is 4.44. The highest BCUT2D eigenvalue weighted by Crippen LogP contribution is 2.11. The van der Waals surface area contributed by atoms with Crippen molar-refractivity contribution in [2.24, 2.45) is 5.73 Å². The molecule has 5 heteroatoms. The smallest absolute Gasteiger partial charge is 0.328 e. The molecule has 0 unspecified atom stereocenters. The summed E-state index contributed by atoms with van der Waals surface area (Å²) in [5.41, 5.74) is 6.86. The van der Waals surface area contributed by atoms with Crippen LogP contribution in [0, 0.1) is 0 Å². The maximum absolute atomic E-state index is 11.6. The van der Waals surface area contributed by atoms with Gasteiger partial charge in [0.2, 0.25) is 5.91 Å². The first-order chi connectivity index (χ1) is 9.61. The number of carboxylic acids is 1. The second kappa shape index (κ2) is 8.87. The topological polar surface area (TPSA) is 92.4 Å². The van der Waals surface area contributed by atoms with E-state index in [0.717, 1.165) is 30.9 Å². The number of carbonyl (C=O) groups is 2. The van der Waals surface area contributed by atoms with Crippen molar-refractivity contribution in [3.05, 3.63) is 35.9 Å². The van der Waals surface area contributed by atoms with Crippen molar-refractivity contribution < 1.29 is 14.7 Å². The minimum atomic E-state index is -0.986. The summed E-state index contributed by atoms with van der Waals surface area (Å²) in [6.45, 7) is 0.660. The SMILES string of the molecule is NCCCCCC(=O)Nc1ccc(/C=C/C(=O)O)cc1. The fraction of sp³-hybridized carbons (Fsp3) is 0.333. The van der Waals surface area contributed by atoms with Gasteiger partial charge in [0, 0.05) is 18.2 Å². The van der Waals surface area contributed by atoms with Crippen LogP contribution in [0.4, 0.5) is 5.69 Å². The molecule has 0 saturated carbocycles. The summed E-state index contributed by atoms with van der Waals surface area (Å²) >= 11 is 0. The fourth-order valence-electron chi connectivity index (χ4n) is 1.68. The van der Waals surface area contributed by atoms with Gasteiger partial charge in [0.15, 0.2) is 0 Å². The summed E-state index contributed by atoms with van der Waals surface area (Å²) < 4.78 is 0. The molecule has 1 aromatic rings. The van der Waals surface area contributed by atoms with E-state index in [4.69, 9.17) is 10.8 Å². The Morgan fingerprint density at radius 2 is 1.85 bits per heavy atom. The molecule has 20 heavy (non-hydrogen) atoms. The Labute approximate surface area is 118 Å². The van der Waals surface area contributed by atoms with Gasteiger partial charge in [-0.2, -0.15) is 0 Å². The molecule has 0 atom stereocenters. The lowest BCUT2D eigenvalue weighted by atomic mass is 10.1. The first-order valence-corrected chi connectivity index (χ1v) is 6.63. The maximum atomic E-state index is 11.6. The number of hydrogen-bond donors (Lipinski definition) is 3. The highest BCUT2D eigenvalue weighted by Gasteiger charge is 2.01. The molecule has 0 radical (unpaired) electrons. The van der Waals surface area contributed by atoms with Gasteiger partial charge in [0.25, 0.3) is 0 Å². The minimum absolute atomic E-state index is 0.0177. The average Bonchev–Trinajstić information content (AvgIpc) is 2.43. The summed E-state index contributed by atoms with van der Waals surface area (Å²) in [6.07, 6.45) is 5.80. The van der Waals surface area contributed by atoms with Gasteiger partial charge in [-0.15, -0.1) is 0 Å². The third-order valence-electron chi connectivity index (χ3n) is 2.72. The summed E-state index contributed by atoms with van der Waals surface area (Å²) in [6, 6.07) is 7.01. The van der Waals surface area contributed by atoms with E-state index in [1.54, 1.807) is 24.3 Å². The zero-order valence-corrected chi connectivity index (χ0v) is 11.3. The predicted octanol–water partition coefficient (Wildman–Crippen LogP) is 2.24. The Hall–Kier alpha value is -2.14. The largest absolute Gasteiger partial charge is 0.478 e.